The minimum atomic E-state index is 0.919. The van der Waals surface area contributed by atoms with Crippen LogP contribution < -0.4 is 0 Å². The zero-order valence-electron chi connectivity index (χ0n) is 24.8. The van der Waals surface area contributed by atoms with Gasteiger partial charge in [0.25, 0.3) is 0 Å². The van der Waals surface area contributed by atoms with Crippen molar-refractivity contribution in [2.45, 2.75) is 0 Å². The molecule has 1 nitrogen and oxygen atoms in total. The Kier molecular flexibility index (Phi) is 5.51. The van der Waals surface area contributed by atoms with Gasteiger partial charge < -0.3 is 4.42 Å². The minimum absolute atomic E-state index is 0.919. The molecule has 0 unspecified atom stereocenters. The van der Waals surface area contributed by atoms with E-state index >= 15 is 0 Å². The first-order valence-corrected chi connectivity index (χ1v) is 16.5. The molecule has 214 valence electrons. The standard InChI is InChI=1S/C44H26OS/c1-2-13-28(14-3-1)39-26-31-25-37(42-36-20-10-11-21-38(36)45-43(42)44(31)46-39)41-34-18-8-6-16-32(34)40(33-17-7-9-19-35(33)41)30-23-22-27-12-4-5-15-29(27)24-30/h1-26H. The lowest BCUT2D eigenvalue weighted by atomic mass is 9.84. The number of rotatable bonds is 3. The van der Waals surface area contributed by atoms with E-state index < -0.39 is 0 Å². The quantitative estimate of drug-likeness (QED) is 0.183. The summed E-state index contributed by atoms with van der Waals surface area (Å²) in [5, 5.41) is 11.0. The van der Waals surface area contributed by atoms with E-state index in [2.05, 4.69) is 158 Å². The van der Waals surface area contributed by atoms with Crippen LogP contribution in [0.25, 0.3) is 97.0 Å². The molecule has 0 aliphatic heterocycles. The molecule has 0 amide bonds. The van der Waals surface area contributed by atoms with Crippen molar-refractivity contribution < 1.29 is 4.42 Å². The summed E-state index contributed by atoms with van der Waals surface area (Å²) in [5.41, 5.74) is 8.08. The van der Waals surface area contributed by atoms with E-state index in [0.717, 1.165) is 16.6 Å². The Bertz CT molecular complexity index is 2740. The summed E-state index contributed by atoms with van der Waals surface area (Å²) in [6.45, 7) is 0. The number of hydrogen-bond donors (Lipinski definition) is 0. The number of hydrogen-bond acceptors (Lipinski definition) is 2. The highest BCUT2D eigenvalue weighted by molar-refractivity contribution is 7.23. The molecule has 0 fully saturated rings. The Balaban J connectivity index is 1.36. The summed E-state index contributed by atoms with van der Waals surface area (Å²) in [7, 11) is 0. The molecule has 0 aliphatic rings. The van der Waals surface area contributed by atoms with Crippen LogP contribution in [0.5, 0.6) is 0 Å². The van der Waals surface area contributed by atoms with Gasteiger partial charge in [0, 0.05) is 15.6 Å². The van der Waals surface area contributed by atoms with Crippen molar-refractivity contribution in [3.05, 3.63) is 158 Å². The molecule has 8 aromatic carbocycles. The Labute approximate surface area is 269 Å². The molecule has 0 saturated carbocycles. The van der Waals surface area contributed by atoms with Crippen LogP contribution in [0.1, 0.15) is 0 Å². The maximum absolute atomic E-state index is 6.75. The largest absolute Gasteiger partial charge is 0.455 e. The van der Waals surface area contributed by atoms with Gasteiger partial charge in [0.05, 0.1) is 4.70 Å². The third kappa shape index (κ3) is 3.74. The molecule has 0 radical (unpaired) electrons. The van der Waals surface area contributed by atoms with Gasteiger partial charge in [-0.1, -0.05) is 133 Å². The van der Waals surface area contributed by atoms with Gasteiger partial charge in [-0.2, -0.15) is 0 Å². The Hall–Kier alpha value is -5.70. The average molecular weight is 603 g/mol. The predicted octanol–water partition coefficient (Wildman–Crippen LogP) is 13.3. The monoisotopic (exact) mass is 602 g/mol. The highest BCUT2D eigenvalue weighted by Crippen LogP contribution is 2.50. The third-order valence-corrected chi connectivity index (χ3v) is 10.6. The molecule has 10 aromatic rings. The number of fused-ring (bicyclic) bond motifs is 8. The second kappa shape index (κ2) is 9.90. The van der Waals surface area contributed by atoms with Gasteiger partial charge in [-0.05, 0) is 89.8 Å². The fourth-order valence-electron chi connectivity index (χ4n) is 7.41. The van der Waals surface area contributed by atoms with Gasteiger partial charge in [-0.3, -0.25) is 0 Å². The first kappa shape index (κ1) is 25.6. The van der Waals surface area contributed by atoms with E-state index in [4.69, 9.17) is 4.42 Å². The molecule has 0 aliphatic carbocycles. The van der Waals surface area contributed by atoms with Crippen molar-refractivity contribution in [2.24, 2.45) is 0 Å². The van der Waals surface area contributed by atoms with Crippen molar-refractivity contribution in [2.75, 3.05) is 0 Å². The highest BCUT2D eigenvalue weighted by Gasteiger charge is 2.23. The Morgan fingerprint density at radius 1 is 0.413 bits per heavy atom. The molecule has 46 heavy (non-hydrogen) atoms. The summed E-state index contributed by atoms with van der Waals surface area (Å²) in [5.74, 6) is 0. The summed E-state index contributed by atoms with van der Waals surface area (Å²) >= 11 is 1.81. The van der Waals surface area contributed by atoms with Gasteiger partial charge in [0.2, 0.25) is 0 Å². The maximum Gasteiger partial charge on any atom is 0.153 e. The highest BCUT2D eigenvalue weighted by atomic mass is 32.1. The van der Waals surface area contributed by atoms with Crippen LogP contribution in [0.15, 0.2) is 162 Å². The summed E-state index contributed by atoms with van der Waals surface area (Å²) < 4.78 is 7.94. The number of para-hydroxylation sites is 1. The molecule has 2 aromatic heterocycles. The lowest BCUT2D eigenvalue weighted by molar-refractivity contribution is 0.673. The SMILES string of the molecule is c1ccc(-c2cc3cc(-c4c5ccccc5c(-c5ccc6ccccc6c5)c5ccccc45)c4c5ccccc5oc4c3s2)cc1. The predicted molar refractivity (Wildman–Crippen MR) is 198 cm³/mol. The molecule has 0 spiro atoms. The second-order valence-electron chi connectivity index (χ2n) is 12.0. The van der Waals surface area contributed by atoms with Crippen LogP contribution in [0, 0.1) is 0 Å². The van der Waals surface area contributed by atoms with Crippen LogP contribution in [-0.4, -0.2) is 0 Å². The average Bonchev–Trinajstić information content (AvgIpc) is 3.73. The first-order chi connectivity index (χ1) is 22.8. The number of furan rings is 1. The lowest BCUT2D eigenvalue weighted by Crippen LogP contribution is -1.91. The molecular weight excluding hydrogens is 577 g/mol. The van der Waals surface area contributed by atoms with Gasteiger partial charge in [0.15, 0.2) is 5.58 Å². The van der Waals surface area contributed by atoms with Crippen molar-refractivity contribution in [1.82, 2.24) is 0 Å². The van der Waals surface area contributed by atoms with Crippen molar-refractivity contribution in [1.29, 1.82) is 0 Å². The molecule has 2 heterocycles. The molecule has 0 bridgehead atoms. The molecule has 0 saturated heterocycles. The molecule has 0 N–H and O–H groups in total. The molecule has 10 rings (SSSR count). The summed E-state index contributed by atoms with van der Waals surface area (Å²) in [6.07, 6.45) is 0. The molecule has 0 atom stereocenters. The van der Waals surface area contributed by atoms with Crippen LogP contribution in [0.3, 0.4) is 0 Å². The fraction of sp³-hybridized carbons (Fsp3) is 0. The lowest BCUT2D eigenvalue weighted by Gasteiger charge is -2.18. The first-order valence-electron chi connectivity index (χ1n) is 15.7. The van der Waals surface area contributed by atoms with Gasteiger partial charge >= 0.3 is 0 Å². The van der Waals surface area contributed by atoms with Gasteiger partial charge in [-0.25, -0.2) is 0 Å². The van der Waals surface area contributed by atoms with E-state index in [9.17, 15) is 0 Å². The summed E-state index contributed by atoms with van der Waals surface area (Å²) in [4.78, 5) is 1.25. The van der Waals surface area contributed by atoms with Crippen molar-refractivity contribution >= 4 is 75.7 Å². The van der Waals surface area contributed by atoms with E-state index in [0.29, 0.717) is 0 Å². The smallest absolute Gasteiger partial charge is 0.153 e. The minimum Gasteiger partial charge on any atom is -0.455 e. The van der Waals surface area contributed by atoms with Crippen LogP contribution in [0.4, 0.5) is 0 Å². The maximum atomic E-state index is 6.75. The van der Waals surface area contributed by atoms with Gasteiger partial charge in [0.1, 0.15) is 5.58 Å². The number of thiophene rings is 1. The second-order valence-corrected chi connectivity index (χ2v) is 13.1. The normalized spacial score (nSPS) is 11.9. The van der Waals surface area contributed by atoms with Crippen LogP contribution >= 0.6 is 11.3 Å². The third-order valence-electron chi connectivity index (χ3n) is 9.43. The van der Waals surface area contributed by atoms with E-state index in [1.165, 1.54) is 80.5 Å². The Morgan fingerprint density at radius 2 is 1.02 bits per heavy atom. The zero-order chi connectivity index (χ0) is 30.2. The molecular formula is C44H26OS. The van der Waals surface area contributed by atoms with Crippen molar-refractivity contribution in [3.63, 3.8) is 0 Å². The van der Waals surface area contributed by atoms with E-state index in [1.54, 1.807) is 0 Å². The number of benzene rings is 8. The molecule has 2 heteroatoms. The Morgan fingerprint density at radius 3 is 1.76 bits per heavy atom. The van der Waals surface area contributed by atoms with E-state index in [-0.39, 0.29) is 0 Å². The topological polar surface area (TPSA) is 13.1 Å². The van der Waals surface area contributed by atoms with Crippen LogP contribution in [0.2, 0.25) is 0 Å². The van der Waals surface area contributed by atoms with Crippen LogP contribution in [-0.2, 0) is 0 Å². The van der Waals surface area contributed by atoms with Gasteiger partial charge in [-0.15, -0.1) is 11.3 Å². The van der Waals surface area contributed by atoms with Crippen molar-refractivity contribution in [3.8, 4) is 32.7 Å². The summed E-state index contributed by atoms with van der Waals surface area (Å²) in [6, 6.07) is 57.2. The zero-order valence-corrected chi connectivity index (χ0v) is 25.6. The van der Waals surface area contributed by atoms with E-state index in [1.807, 2.05) is 11.3 Å². The fourth-order valence-corrected chi connectivity index (χ4v) is 8.54.